The largest absolute Gasteiger partial charge is 0.494 e. The average Bonchev–Trinajstić information content (AvgIpc) is 2.42. The van der Waals surface area contributed by atoms with Crippen molar-refractivity contribution in [3.8, 4) is 5.75 Å². The van der Waals surface area contributed by atoms with Crippen LogP contribution in [-0.4, -0.2) is 38.2 Å². The maximum Gasteiger partial charge on any atom is 0.119 e. The van der Waals surface area contributed by atoms with Crippen LogP contribution < -0.4 is 10.1 Å². The molecule has 1 fully saturated rings. The van der Waals surface area contributed by atoms with Crippen molar-refractivity contribution in [3.05, 3.63) is 29.8 Å². The van der Waals surface area contributed by atoms with Gasteiger partial charge in [0, 0.05) is 13.1 Å². The third-order valence-electron chi connectivity index (χ3n) is 3.66. The zero-order chi connectivity index (χ0) is 13.5. The molecule has 1 aliphatic rings. The SMILES string of the molecule is CCOc1ccc(CN(C)CC2CCCNC2)cc1.Cl. The summed E-state index contributed by atoms with van der Waals surface area (Å²) in [7, 11) is 2.21. The van der Waals surface area contributed by atoms with Crippen molar-refractivity contribution >= 4 is 12.4 Å². The zero-order valence-electron chi connectivity index (χ0n) is 12.6. The van der Waals surface area contributed by atoms with Gasteiger partial charge in [-0.05, 0) is 63.5 Å². The van der Waals surface area contributed by atoms with Crippen LogP contribution in [0.3, 0.4) is 0 Å². The first-order chi connectivity index (χ1) is 9.28. The summed E-state index contributed by atoms with van der Waals surface area (Å²) in [6, 6.07) is 8.46. The maximum atomic E-state index is 5.47. The van der Waals surface area contributed by atoms with E-state index in [1.54, 1.807) is 0 Å². The van der Waals surface area contributed by atoms with E-state index in [0.717, 1.165) is 24.8 Å². The first-order valence-electron chi connectivity index (χ1n) is 7.39. The first-order valence-corrected chi connectivity index (χ1v) is 7.39. The Morgan fingerprint density at radius 1 is 1.30 bits per heavy atom. The van der Waals surface area contributed by atoms with Crippen LogP contribution in [0.5, 0.6) is 5.75 Å². The Morgan fingerprint density at radius 3 is 2.65 bits per heavy atom. The lowest BCUT2D eigenvalue weighted by atomic mass is 9.99. The standard InChI is InChI=1S/C16H26N2O.ClH/c1-3-19-16-8-6-14(7-9-16)12-18(2)13-15-5-4-10-17-11-15;/h6-9,15,17H,3-5,10-13H2,1-2H3;1H. The highest BCUT2D eigenvalue weighted by atomic mass is 35.5. The third-order valence-corrected chi connectivity index (χ3v) is 3.66. The van der Waals surface area contributed by atoms with E-state index in [4.69, 9.17) is 4.74 Å². The van der Waals surface area contributed by atoms with Gasteiger partial charge in [0.1, 0.15) is 5.75 Å². The van der Waals surface area contributed by atoms with Crippen LogP contribution in [-0.2, 0) is 6.54 Å². The quantitative estimate of drug-likeness (QED) is 0.874. The van der Waals surface area contributed by atoms with E-state index in [9.17, 15) is 0 Å². The summed E-state index contributed by atoms with van der Waals surface area (Å²) in [6.07, 6.45) is 2.68. The van der Waals surface area contributed by atoms with Gasteiger partial charge in [-0.15, -0.1) is 12.4 Å². The van der Waals surface area contributed by atoms with Gasteiger partial charge >= 0.3 is 0 Å². The Labute approximate surface area is 129 Å². The van der Waals surface area contributed by atoms with E-state index < -0.39 is 0 Å². The molecule has 0 saturated carbocycles. The molecule has 3 nitrogen and oxygen atoms in total. The fraction of sp³-hybridized carbons (Fsp3) is 0.625. The Kier molecular flexibility index (Phi) is 7.97. The zero-order valence-corrected chi connectivity index (χ0v) is 13.4. The summed E-state index contributed by atoms with van der Waals surface area (Å²) in [4.78, 5) is 2.42. The number of rotatable bonds is 6. The van der Waals surface area contributed by atoms with Crippen molar-refractivity contribution in [1.82, 2.24) is 10.2 Å². The minimum absolute atomic E-state index is 0. The predicted molar refractivity (Wildman–Crippen MR) is 86.8 cm³/mol. The van der Waals surface area contributed by atoms with Crippen LogP contribution in [0.15, 0.2) is 24.3 Å². The maximum absolute atomic E-state index is 5.47. The van der Waals surface area contributed by atoms with Crippen molar-refractivity contribution in [2.45, 2.75) is 26.3 Å². The summed E-state index contributed by atoms with van der Waals surface area (Å²) in [5.41, 5.74) is 1.36. The van der Waals surface area contributed by atoms with E-state index in [1.165, 1.54) is 38.0 Å². The molecule has 0 amide bonds. The molecule has 1 aromatic carbocycles. The van der Waals surface area contributed by atoms with Crippen molar-refractivity contribution in [2.24, 2.45) is 5.92 Å². The highest BCUT2D eigenvalue weighted by Crippen LogP contribution is 2.15. The molecule has 1 aliphatic heterocycles. The fourth-order valence-electron chi connectivity index (χ4n) is 2.75. The minimum atomic E-state index is 0. The molecule has 1 unspecified atom stereocenters. The molecule has 1 aromatic rings. The van der Waals surface area contributed by atoms with Gasteiger partial charge < -0.3 is 15.0 Å². The van der Waals surface area contributed by atoms with Gasteiger partial charge in [-0.1, -0.05) is 12.1 Å². The van der Waals surface area contributed by atoms with Gasteiger partial charge in [0.25, 0.3) is 0 Å². The average molecular weight is 299 g/mol. The molecule has 1 atom stereocenters. The number of halogens is 1. The molecule has 1 N–H and O–H groups in total. The lowest BCUT2D eigenvalue weighted by Gasteiger charge is -2.27. The summed E-state index contributed by atoms with van der Waals surface area (Å²) < 4.78 is 5.47. The van der Waals surface area contributed by atoms with E-state index >= 15 is 0 Å². The Balaban J connectivity index is 0.00000200. The van der Waals surface area contributed by atoms with Crippen LogP contribution in [0.1, 0.15) is 25.3 Å². The third kappa shape index (κ3) is 5.70. The second-order valence-electron chi connectivity index (χ2n) is 5.49. The van der Waals surface area contributed by atoms with Crippen molar-refractivity contribution in [2.75, 3.05) is 33.3 Å². The number of ether oxygens (including phenoxy) is 1. The van der Waals surface area contributed by atoms with Crippen LogP contribution in [0, 0.1) is 5.92 Å². The van der Waals surface area contributed by atoms with Gasteiger partial charge in [-0.25, -0.2) is 0 Å². The lowest BCUT2D eigenvalue weighted by Crippen LogP contribution is -2.36. The monoisotopic (exact) mass is 298 g/mol. The van der Waals surface area contributed by atoms with Crippen LogP contribution in [0.2, 0.25) is 0 Å². The summed E-state index contributed by atoms with van der Waals surface area (Å²) in [5.74, 6) is 1.77. The van der Waals surface area contributed by atoms with Gasteiger partial charge in [0.05, 0.1) is 6.61 Å². The van der Waals surface area contributed by atoms with Crippen LogP contribution in [0.4, 0.5) is 0 Å². The second kappa shape index (κ2) is 9.22. The van der Waals surface area contributed by atoms with E-state index in [0.29, 0.717) is 0 Å². The van der Waals surface area contributed by atoms with Crippen LogP contribution >= 0.6 is 12.4 Å². The Morgan fingerprint density at radius 2 is 2.05 bits per heavy atom. The molecule has 0 bridgehead atoms. The summed E-state index contributed by atoms with van der Waals surface area (Å²) in [5, 5.41) is 3.48. The Bertz CT molecular complexity index is 363. The molecular weight excluding hydrogens is 272 g/mol. The number of nitrogens with one attached hydrogen (secondary N) is 1. The van der Waals surface area contributed by atoms with E-state index in [-0.39, 0.29) is 12.4 Å². The van der Waals surface area contributed by atoms with Crippen LogP contribution in [0.25, 0.3) is 0 Å². The number of benzene rings is 1. The van der Waals surface area contributed by atoms with Crippen molar-refractivity contribution in [1.29, 1.82) is 0 Å². The van der Waals surface area contributed by atoms with Gasteiger partial charge in [-0.3, -0.25) is 0 Å². The van der Waals surface area contributed by atoms with Gasteiger partial charge in [-0.2, -0.15) is 0 Å². The molecule has 114 valence electrons. The first kappa shape index (κ1) is 17.3. The molecule has 1 saturated heterocycles. The number of nitrogens with zero attached hydrogens (tertiary/aromatic N) is 1. The molecule has 0 spiro atoms. The smallest absolute Gasteiger partial charge is 0.119 e. The van der Waals surface area contributed by atoms with Crippen molar-refractivity contribution in [3.63, 3.8) is 0 Å². The number of piperidine rings is 1. The lowest BCUT2D eigenvalue weighted by molar-refractivity contribution is 0.237. The Hall–Kier alpha value is -0.770. The number of hydrogen-bond acceptors (Lipinski definition) is 3. The van der Waals surface area contributed by atoms with Crippen molar-refractivity contribution < 1.29 is 4.74 Å². The normalized spacial score (nSPS) is 18.6. The van der Waals surface area contributed by atoms with Gasteiger partial charge in [0.2, 0.25) is 0 Å². The molecule has 20 heavy (non-hydrogen) atoms. The molecule has 0 radical (unpaired) electrons. The van der Waals surface area contributed by atoms with E-state index in [1.807, 2.05) is 6.92 Å². The minimum Gasteiger partial charge on any atom is -0.494 e. The fourth-order valence-corrected chi connectivity index (χ4v) is 2.75. The molecule has 4 heteroatoms. The predicted octanol–water partition coefficient (Wildman–Crippen LogP) is 2.94. The molecule has 2 rings (SSSR count). The summed E-state index contributed by atoms with van der Waals surface area (Å²) >= 11 is 0. The molecule has 1 heterocycles. The highest BCUT2D eigenvalue weighted by Gasteiger charge is 2.14. The number of hydrogen-bond donors (Lipinski definition) is 1. The van der Waals surface area contributed by atoms with E-state index in [2.05, 4.69) is 41.5 Å². The highest BCUT2D eigenvalue weighted by molar-refractivity contribution is 5.85. The summed E-state index contributed by atoms with van der Waals surface area (Å²) in [6.45, 7) is 7.31. The molecule has 0 aliphatic carbocycles. The second-order valence-corrected chi connectivity index (χ2v) is 5.49. The van der Waals surface area contributed by atoms with Gasteiger partial charge in [0.15, 0.2) is 0 Å². The molecule has 0 aromatic heterocycles. The molecular formula is C16H27ClN2O. The topological polar surface area (TPSA) is 24.5 Å².